The van der Waals surface area contributed by atoms with Crippen LogP contribution in [0.25, 0.3) is 0 Å². The van der Waals surface area contributed by atoms with E-state index >= 15 is 0 Å². The molecule has 0 saturated carbocycles. The summed E-state index contributed by atoms with van der Waals surface area (Å²) in [4.78, 5) is 0. The van der Waals surface area contributed by atoms with Crippen molar-refractivity contribution in [2.24, 2.45) is 0 Å². The van der Waals surface area contributed by atoms with Crippen LogP contribution >= 0.6 is 23.2 Å². The van der Waals surface area contributed by atoms with Crippen LogP contribution in [0.4, 0.5) is 0 Å². The van der Waals surface area contributed by atoms with Gasteiger partial charge in [-0.3, -0.25) is 0 Å². The second-order valence-corrected chi connectivity index (χ2v) is 0.909. The Bertz CT molecular complexity index is 9.61. The smallest absolute Gasteiger partial charge is 0.870 e. The Hall–Kier alpha value is 1.54. The largest absolute Gasteiger partial charge is 1.00 e. The molecule has 0 unspecified atom stereocenters. The summed E-state index contributed by atoms with van der Waals surface area (Å²) in [5, 5.41) is 0.194. The van der Waals surface area contributed by atoms with Crippen molar-refractivity contribution >= 4 is 23.2 Å². The average Bonchev–Trinajstić information content (AvgIpc) is 0.918. The predicted octanol–water partition coefficient (Wildman–Crippen LogP) is -1.75. The summed E-state index contributed by atoms with van der Waals surface area (Å²) in [7, 11) is 0. The van der Waals surface area contributed by atoms with E-state index in [9.17, 15) is 0 Å². The second-order valence-electron chi connectivity index (χ2n) is 0.101. The summed E-state index contributed by atoms with van der Waals surface area (Å²) in [5.74, 6) is 0. The second kappa shape index (κ2) is 17.7. The molecule has 0 aromatic heterocycles. The maximum Gasteiger partial charge on any atom is 1.00 e. The molecule has 0 saturated heterocycles. The van der Waals surface area contributed by atoms with Crippen molar-refractivity contribution in [3.05, 3.63) is 0 Å². The van der Waals surface area contributed by atoms with E-state index < -0.39 is 0 Å². The van der Waals surface area contributed by atoms with E-state index in [0.29, 0.717) is 0 Å². The van der Waals surface area contributed by atoms with Gasteiger partial charge in [0, 0.05) is 0 Å². The summed E-state index contributed by atoms with van der Waals surface area (Å²) in [6.07, 6.45) is 0. The van der Waals surface area contributed by atoms with Crippen molar-refractivity contribution in [3.63, 3.8) is 0 Å². The van der Waals surface area contributed by atoms with E-state index in [-0.39, 0.29) is 40.4 Å². The predicted molar refractivity (Wildman–Crippen MR) is 18.5 cm³/mol. The summed E-state index contributed by atoms with van der Waals surface area (Å²) in [5.41, 5.74) is 0. The Balaban J connectivity index is -0.0000000200. The molecular formula is CH3Cl2NaO. The van der Waals surface area contributed by atoms with Gasteiger partial charge in [-0.05, 0) is 0 Å². The maximum absolute atomic E-state index is 4.76. The molecule has 0 bridgehead atoms. The van der Waals surface area contributed by atoms with Crippen molar-refractivity contribution in [2.75, 3.05) is 5.34 Å². The molecular weight excluding hydrogens is 122 g/mol. The quantitative estimate of drug-likeness (QED) is 0.279. The normalized spacial score (nSPS) is 3.60. The standard InChI is InChI=1S/CH2Cl2.Na.H2O/c2-1-3;;/h1H2;;1H2/q;+1;/p-1. The van der Waals surface area contributed by atoms with Crippen molar-refractivity contribution in [2.45, 2.75) is 0 Å². The third-order valence-corrected chi connectivity index (χ3v) is 0. The van der Waals surface area contributed by atoms with Crippen LogP contribution < -0.4 is 29.6 Å². The van der Waals surface area contributed by atoms with E-state index in [4.69, 9.17) is 23.2 Å². The van der Waals surface area contributed by atoms with Crippen molar-refractivity contribution in [1.82, 2.24) is 0 Å². The minimum atomic E-state index is 0. The molecule has 5 heavy (non-hydrogen) atoms. The molecule has 0 amide bonds. The van der Waals surface area contributed by atoms with Crippen LogP contribution in [0.1, 0.15) is 0 Å². The Morgan fingerprint density at radius 2 is 1.20 bits per heavy atom. The van der Waals surface area contributed by atoms with Gasteiger partial charge in [0.2, 0.25) is 0 Å². The first-order valence-electron chi connectivity index (χ1n) is 0.535. The van der Waals surface area contributed by atoms with Crippen LogP contribution in [0.5, 0.6) is 0 Å². The number of hydrogen-bond donors (Lipinski definition) is 0. The summed E-state index contributed by atoms with van der Waals surface area (Å²) < 4.78 is 0. The fourth-order valence-corrected chi connectivity index (χ4v) is 0. The molecule has 0 aliphatic carbocycles. The fraction of sp³-hybridized carbons (Fsp3) is 1.00. The third-order valence-electron chi connectivity index (χ3n) is 0. The molecule has 0 aliphatic heterocycles. The van der Waals surface area contributed by atoms with E-state index in [2.05, 4.69) is 0 Å². The third kappa shape index (κ3) is 29.3. The van der Waals surface area contributed by atoms with Crippen molar-refractivity contribution < 1.29 is 35.0 Å². The maximum atomic E-state index is 4.76. The van der Waals surface area contributed by atoms with Gasteiger partial charge in [-0.15, -0.1) is 23.2 Å². The monoisotopic (exact) mass is 124 g/mol. The van der Waals surface area contributed by atoms with Crippen molar-refractivity contribution in [3.8, 4) is 0 Å². The van der Waals surface area contributed by atoms with Crippen LogP contribution in [-0.4, -0.2) is 10.8 Å². The summed E-state index contributed by atoms with van der Waals surface area (Å²) in [6, 6.07) is 0. The Kier molecular flexibility index (Phi) is 56.7. The summed E-state index contributed by atoms with van der Waals surface area (Å²) in [6.45, 7) is 0. The van der Waals surface area contributed by atoms with Gasteiger partial charge in [0.25, 0.3) is 0 Å². The van der Waals surface area contributed by atoms with Gasteiger partial charge in [0.05, 0.1) is 5.34 Å². The first-order chi connectivity index (χ1) is 1.41. The minimum absolute atomic E-state index is 0. The molecule has 0 radical (unpaired) electrons. The average molecular weight is 125 g/mol. The molecule has 28 valence electrons. The minimum Gasteiger partial charge on any atom is -0.870 e. The molecule has 0 atom stereocenters. The van der Waals surface area contributed by atoms with Gasteiger partial charge < -0.3 is 5.48 Å². The molecule has 4 heteroatoms. The van der Waals surface area contributed by atoms with E-state index in [0.717, 1.165) is 0 Å². The number of rotatable bonds is 0. The number of hydrogen-bond acceptors (Lipinski definition) is 1. The van der Waals surface area contributed by atoms with E-state index in [1.807, 2.05) is 0 Å². The first-order valence-corrected chi connectivity index (χ1v) is 1.60. The Morgan fingerprint density at radius 1 is 1.20 bits per heavy atom. The van der Waals surface area contributed by atoms with Gasteiger partial charge in [0.15, 0.2) is 0 Å². The molecule has 1 nitrogen and oxygen atoms in total. The molecule has 0 rings (SSSR count). The molecule has 0 aromatic rings. The van der Waals surface area contributed by atoms with Crippen molar-refractivity contribution in [1.29, 1.82) is 0 Å². The zero-order valence-corrected chi connectivity index (χ0v) is 6.42. The van der Waals surface area contributed by atoms with E-state index in [1.165, 1.54) is 0 Å². The Labute approximate surface area is 63.2 Å². The SMILES string of the molecule is ClCCl.[Na+].[OH-]. The van der Waals surface area contributed by atoms with Crippen LogP contribution in [-0.2, 0) is 0 Å². The fourth-order valence-electron chi connectivity index (χ4n) is 0. The molecule has 0 spiro atoms. The van der Waals surface area contributed by atoms with E-state index in [1.54, 1.807) is 0 Å². The zero-order valence-electron chi connectivity index (χ0n) is 2.91. The number of alkyl halides is 2. The Morgan fingerprint density at radius 3 is 1.20 bits per heavy atom. The van der Waals surface area contributed by atoms with Gasteiger partial charge >= 0.3 is 29.6 Å². The van der Waals surface area contributed by atoms with Crippen LogP contribution in [0, 0.1) is 0 Å². The van der Waals surface area contributed by atoms with Gasteiger partial charge in [0.1, 0.15) is 0 Å². The van der Waals surface area contributed by atoms with Gasteiger partial charge in [-0.25, -0.2) is 0 Å². The summed E-state index contributed by atoms with van der Waals surface area (Å²) >= 11 is 9.53. The topological polar surface area (TPSA) is 30.0 Å². The molecule has 0 aromatic carbocycles. The molecule has 1 N–H and O–H groups in total. The zero-order chi connectivity index (χ0) is 2.71. The molecule has 0 heterocycles. The first kappa shape index (κ1) is 16.0. The van der Waals surface area contributed by atoms with Gasteiger partial charge in [-0.2, -0.15) is 0 Å². The molecule has 0 aliphatic rings. The number of halogens is 2. The van der Waals surface area contributed by atoms with Crippen LogP contribution in [0.15, 0.2) is 0 Å². The van der Waals surface area contributed by atoms with Crippen LogP contribution in [0.3, 0.4) is 0 Å². The van der Waals surface area contributed by atoms with Crippen LogP contribution in [0.2, 0.25) is 0 Å². The molecule has 0 fully saturated rings. The van der Waals surface area contributed by atoms with Gasteiger partial charge in [-0.1, -0.05) is 0 Å².